The van der Waals surface area contributed by atoms with Crippen LogP contribution in [-0.4, -0.2) is 17.1 Å². The zero-order chi connectivity index (χ0) is 20.7. The summed E-state index contributed by atoms with van der Waals surface area (Å²) in [7, 11) is 0. The summed E-state index contributed by atoms with van der Waals surface area (Å²) in [5.41, 5.74) is 4.34. The van der Waals surface area contributed by atoms with Crippen molar-refractivity contribution in [2.75, 3.05) is 0 Å². The first-order valence-electron chi connectivity index (χ1n) is 11.2. The Balaban J connectivity index is 1.38. The monoisotopic (exact) mass is 421 g/mol. The van der Waals surface area contributed by atoms with Crippen molar-refractivity contribution in [3.05, 3.63) is 58.9 Å². The van der Waals surface area contributed by atoms with Crippen LogP contribution < -0.4 is 0 Å². The lowest BCUT2D eigenvalue weighted by Crippen LogP contribution is -2.41. The normalized spacial score (nSPS) is 30.7. The minimum Gasteiger partial charge on any atom is -0.462 e. The summed E-state index contributed by atoms with van der Waals surface area (Å²) in [6.07, 6.45) is 13.3. The van der Waals surface area contributed by atoms with Gasteiger partial charge in [-0.2, -0.15) is 0 Å². The van der Waals surface area contributed by atoms with Gasteiger partial charge in [0.25, 0.3) is 0 Å². The van der Waals surface area contributed by atoms with E-state index in [9.17, 15) is 4.79 Å². The van der Waals surface area contributed by atoms with Crippen LogP contribution in [0, 0.1) is 30.6 Å². The summed E-state index contributed by atoms with van der Waals surface area (Å²) in [6, 6.07) is 10.1. The number of aromatic nitrogens is 1. The van der Waals surface area contributed by atoms with Crippen LogP contribution in [0.4, 0.5) is 0 Å². The number of pyridine rings is 1. The first-order valence-corrected chi connectivity index (χ1v) is 11.6. The third-order valence-electron chi connectivity index (χ3n) is 7.44. The van der Waals surface area contributed by atoms with Crippen molar-refractivity contribution >= 4 is 23.6 Å². The summed E-state index contributed by atoms with van der Waals surface area (Å²) in [5, 5.41) is 0.738. The maximum atomic E-state index is 12.0. The van der Waals surface area contributed by atoms with Crippen LogP contribution in [0.1, 0.15) is 49.8 Å². The van der Waals surface area contributed by atoms with Gasteiger partial charge in [-0.25, -0.2) is 0 Å². The quantitative estimate of drug-likeness (QED) is 0.532. The van der Waals surface area contributed by atoms with E-state index in [1.165, 1.54) is 31.2 Å². The lowest BCUT2D eigenvalue weighted by atomic mass is 9.60. The molecule has 0 radical (unpaired) electrons. The third kappa shape index (κ3) is 3.80. The molecule has 2 aromatic rings. The number of rotatable bonds is 3. The fourth-order valence-electron chi connectivity index (χ4n) is 5.95. The number of hydrogen-bond donors (Lipinski definition) is 0. The van der Waals surface area contributed by atoms with Crippen molar-refractivity contribution in [2.24, 2.45) is 23.7 Å². The smallest absolute Gasteiger partial charge is 0.306 e. The first-order chi connectivity index (χ1) is 14.6. The van der Waals surface area contributed by atoms with Crippen LogP contribution in [0.25, 0.3) is 17.2 Å². The Morgan fingerprint density at radius 1 is 1.13 bits per heavy atom. The lowest BCUT2D eigenvalue weighted by Gasteiger charge is -2.45. The van der Waals surface area contributed by atoms with Gasteiger partial charge in [0.15, 0.2) is 0 Å². The number of carbonyl (C=O) groups is 1. The molecule has 3 nitrogen and oxygen atoms in total. The van der Waals surface area contributed by atoms with Crippen LogP contribution >= 0.6 is 11.6 Å². The molecule has 0 amide bonds. The summed E-state index contributed by atoms with van der Waals surface area (Å²) >= 11 is 6.18. The maximum absolute atomic E-state index is 12.0. The molecule has 156 valence electrons. The fourth-order valence-corrected chi connectivity index (χ4v) is 6.12. The zero-order valence-electron chi connectivity index (χ0n) is 17.4. The summed E-state index contributed by atoms with van der Waals surface area (Å²) < 4.78 is 5.68. The van der Waals surface area contributed by atoms with E-state index in [4.69, 9.17) is 16.3 Å². The van der Waals surface area contributed by atoms with Crippen LogP contribution in [0.5, 0.6) is 0 Å². The van der Waals surface area contributed by atoms with E-state index < -0.39 is 0 Å². The Morgan fingerprint density at radius 2 is 2.00 bits per heavy atom. The maximum Gasteiger partial charge on any atom is 0.306 e. The van der Waals surface area contributed by atoms with Crippen molar-refractivity contribution in [1.29, 1.82) is 0 Å². The molecule has 0 N–H and O–H groups in total. The molecule has 0 spiro atoms. The Bertz CT molecular complexity index is 967. The minimum atomic E-state index is -0.0126. The molecule has 5 atom stereocenters. The molecule has 2 saturated carbocycles. The highest BCUT2D eigenvalue weighted by molar-refractivity contribution is 6.30. The predicted molar refractivity (Wildman–Crippen MR) is 120 cm³/mol. The fraction of sp³-hybridized carbons (Fsp3) is 0.462. The van der Waals surface area contributed by atoms with E-state index >= 15 is 0 Å². The molecule has 3 fully saturated rings. The van der Waals surface area contributed by atoms with Gasteiger partial charge in [0.05, 0.1) is 12.1 Å². The lowest BCUT2D eigenvalue weighted by molar-refractivity contribution is -0.143. The Morgan fingerprint density at radius 3 is 2.83 bits per heavy atom. The van der Waals surface area contributed by atoms with Gasteiger partial charge >= 0.3 is 5.97 Å². The van der Waals surface area contributed by atoms with Crippen LogP contribution in [-0.2, 0) is 9.53 Å². The highest BCUT2D eigenvalue weighted by Gasteiger charge is 2.49. The number of esters is 1. The standard InChI is InChI=1S/C26H28ClNO2/c1-16-6-8-19(27)13-23(16)18-7-9-20(28-15-18)10-11-22-21-5-3-2-4-17(21)12-25-24(22)14-26(29)30-25/h6-11,13,15,17,21-22,24-25H,2-5,12,14H2,1H3/b11-10+/t17-,21+,22-,24+,25-/m0/s1. The zero-order valence-corrected chi connectivity index (χ0v) is 18.1. The number of fused-ring (bicyclic) bond motifs is 2. The minimum absolute atomic E-state index is 0.0126. The molecule has 5 rings (SSSR count). The molecule has 4 heteroatoms. The Hall–Kier alpha value is -2.13. The van der Waals surface area contributed by atoms with Crippen LogP contribution in [0.15, 0.2) is 42.6 Å². The van der Waals surface area contributed by atoms with Gasteiger partial charge in [0.2, 0.25) is 0 Å². The largest absolute Gasteiger partial charge is 0.462 e. The number of nitrogens with zero attached hydrogens (tertiary/aromatic N) is 1. The van der Waals surface area contributed by atoms with Gasteiger partial charge < -0.3 is 4.74 Å². The molecule has 2 heterocycles. The molecule has 1 aliphatic heterocycles. The van der Waals surface area contributed by atoms with Crippen molar-refractivity contribution in [3.8, 4) is 11.1 Å². The summed E-state index contributed by atoms with van der Waals surface area (Å²) in [4.78, 5) is 16.7. The van der Waals surface area contributed by atoms with Crippen molar-refractivity contribution < 1.29 is 9.53 Å². The van der Waals surface area contributed by atoms with Crippen molar-refractivity contribution in [1.82, 2.24) is 4.98 Å². The van der Waals surface area contributed by atoms with Gasteiger partial charge in [-0.05, 0) is 72.9 Å². The number of benzene rings is 1. The average Bonchev–Trinajstić information content (AvgIpc) is 3.13. The first kappa shape index (κ1) is 19.8. The van der Waals surface area contributed by atoms with E-state index in [2.05, 4.69) is 36.2 Å². The second-order valence-electron chi connectivity index (χ2n) is 9.21. The highest BCUT2D eigenvalue weighted by atomic mass is 35.5. The van der Waals surface area contributed by atoms with Gasteiger partial charge in [-0.3, -0.25) is 9.78 Å². The number of hydrogen-bond acceptors (Lipinski definition) is 3. The Kier molecular flexibility index (Phi) is 5.41. The molecule has 1 aromatic heterocycles. The van der Waals surface area contributed by atoms with E-state index in [0.29, 0.717) is 30.1 Å². The number of aryl methyl sites for hydroxylation is 1. The molecular weight excluding hydrogens is 394 g/mol. The molecule has 0 unspecified atom stereocenters. The number of allylic oxidation sites excluding steroid dienone is 1. The van der Waals surface area contributed by atoms with Crippen LogP contribution in [0.3, 0.4) is 0 Å². The Labute approximate surface area is 183 Å². The van der Waals surface area contributed by atoms with Crippen molar-refractivity contribution in [2.45, 2.75) is 51.6 Å². The second kappa shape index (κ2) is 8.19. The molecular formula is C26H28ClNO2. The topological polar surface area (TPSA) is 39.2 Å². The third-order valence-corrected chi connectivity index (χ3v) is 7.68. The predicted octanol–water partition coefficient (Wildman–Crippen LogP) is 6.48. The van der Waals surface area contributed by atoms with Gasteiger partial charge in [-0.15, -0.1) is 0 Å². The number of ether oxygens (including phenoxy) is 1. The highest BCUT2D eigenvalue weighted by Crippen LogP contribution is 2.51. The summed E-state index contributed by atoms with van der Waals surface area (Å²) in [5.74, 6) is 2.11. The molecule has 0 bridgehead atoms. The van der Waals surface area contributed by atoms with Gasteiger partial charge in [-0.1, -0.05) is 49.1 Å². The molecule has 1 saturated heterocycles. The SMILES string of the molecule is Cc1ccc(Cl)cc1-c1ccc(/C=C/[C@H]2[C@@H]3CCCC[C@H]3C[C@@H]3OC(=O)C[C@H]23)nc1. The molecule has 1 aromatic carbocycles. The molecule has 3 aliphatic rings. The van der Waals surface area contributed by atoms with Crippen LogP contribution in [0.2, 0.25) is 5.02 Å². The van der Waals surface area contributed by atoms with Gasteiger partial charge in [0, 0.05) is 22.7 Å². The van der Waals surface area contributed by atoms with E-state index in [1.54, 1.807) is 0 Å². The molecule has 30 heavy (non-hydrogen) atoms. The number of halogens is 1. The summed E-state index contributed by atoms with van der Waals surface area (Å²) in [6.45, 7) is 2.09. The van der Waals surface area contributed by atoms with E-state index in [1.807, 2.05) is 24.4 Å². The second-order valence-corrected chi connectivity index (χ2v) is 9.64. The van der Waals surface area contributed by atoms with E-state index in [-0.39, 0.29) is 12.1 Å². The molecule has 2 aliphatic carbocycles. The van der Waals surface area contributed by atoms with Crippen molar-refractivity contribution in [3.63, 3.8) is 0 Å². The average molecular weight is 422 g/mol. The number of carbonyl (C=O) groups excluding carboxylic acids is 1. The van der Waals surface area contributed by atoms with Gasteiger partial charge in [0.1, 0.15) is 6.10 Å². The van der Waals surface area contributed by atoms with E-state index in [0.717, 1.165) is 28.3 Å².